The molecule has 1 saturated heterocycles. The van der Waals surface area contributed by atoms with Crippen LogP contribution in [0.25, 0.3) is 0 Å². The maximum Gasteiger partial charge on any atom is 0.217 e. The molecule has 3 atom stereocenters. The molecule has 4 rings (SSSR count). The summed E-state index contributed by atoms with van der Waals surface area (Å²) in [6.45, 7) is 10.3. The van der Waals surface area contributed by atoms with Gasteiger partial charge in [0.15, 0.2) is 0 Å². The second-order valence-corrected chi connectivity index (χ2v) is 11.3. The van der Waals surface area contributed by atoms with E-state index in [0.717, 1.165) is 68.3 Å². The molecule has 2 aliphatic rings. The van der Waals surface area contributed by atoms with Crippen molar-refractivity contribution in [1.29, 1.82) is 0 Å². The summed E-state index contributed by atoms with van der Waals surface area (Å²) in [6, 6.07) is 15.0. The van der Waals surface area contributed by atoms with Gasteiger partial charge in [-0.3, -0.25) is 4.79 Å². The Labute approximate surface area is 233 Å². The number of piperidine rings is 1. The van der Waals surface area contributed by atoms with Gasteiger partial charge in [-0.1, -0.05) is 18.2 Å². The van der Waals surface area contributed by atoms with Crippen molar-refractivity contribution in [3.05, 3.63) is 53.6 Å². The minimum Gasteiger partial charge on any atom is -0.497 e. The Morgan fingerprint density at radius 3 is 2.69 bits per heavy atom. The van der Waals surface area contributed by atoms with Crippen LogP contribution in [0.1, 0.15) is 57.1 Å². The van der Waals surface area contributed by atoms with Crippen LogP contribution in [0.2, 0.25) is 0 Å². The number of carbonyl (C=O) groups is 1. The molecule has 0 aliphatic carbocycles. The van der Waals surface area contributed by atoms with Crippen LogP contribution in [0, 0.1) is 0 Å². The SMILES string of the molecule is COCCCN1CCOc2ccc(CO[C@H]3CN[C@@H](CC(C)(C)NC(C)=O)C[C@@H]3c3ccc(OC)cc3)cc21. The van der Waals surface area contributed by atoms with Gasteiger partial charge in [0, 0.05) is 51.2 Å². The first kappa shape index (κ1) is 29.2. The van der Waals surface area contributed by atoms with Gasteiger partial charge in [0.1, 0.15) is 18.1 Å². The molecule has 214 valence electrons. The van der Waals surface area contributed by atoms with E-state index in [2.05, 4.69) is 59.7 Å². The van der Waals surface area contributed by atoms with E-state index in [0.29, 0.717) is 13.2 Å². The van der Waals surface area contributed by atoms with Crippen molar-refractivity contribution in [2.75, 3.05) is 52.0 Å². The van der Waals surface area contributed by atoms with Gasteiger partial charge in [-0.25, -0.2) is 0 Å². The zero-order valence-corrected chi connectivity index (χ0v) is 24.1. The molecule has 0 unspecified atom stereocenters. The molecule has 39 heavy (non-hydrogen) atoms. The minimum atomic E-state index is -0.290. The number of carbonyl (C=O) groups excluding carboxylic acids is 1. The predicted octanol–water partition coefficient (Wildman–Crippen LogP) is 4.27. The maximum atomic E-state index is 11.7. The molecule has 1 amide bonds. The summed E-state index contributed by atoms with van der Waals surface area (Å²) in [7, 11) is 3.43. The van der Waals surface area contributed by atoms with Gasteiger partial charge in [0.25, 0.3) is 0 Å². The molecule has 1 fully saturated rings. The Kier molecular flexibility index (Phi) is 10.1. The minimum absolute atomic E-state index is 0.00330. The third kappa shape index (κ3) is 8.10. The third-order valence-corrected chi connectivity index (χ3v) is 7.63. The van der Waals surface area contributed by atoms with Crippen molar-refractivity contribution in [3.8, 4) is 11.5 Å². The predicted molar refractivity (Wildman–Crippen MR) is 154 cm³/mol. The fourth-order valence-corrected chi connectivity index (χ4v) is 5.89. The largest absolute Gasteiger partial charge is 0.497 e. The highest BCUT2D eigenvalue weighted by Gasteiger charge is 2.35. The second kappa shape index (κ2) is 13.5. The van der Waals surface area contributed by atoms with Gasteiger partial charge in [-0.2, -0.15) is 0 Å². The van der Waals surface area contributed by atoms with E-state index in [-0.39, 0.29) is 29.5 Å². The van der Waals surface area contributed by atoms with E-state index in [4.69, 9.17) is 18.9 Å². The Hall–Kier alpha value is -2.81. The lowest BCUT2D eigenvalue weighted by molar-refractivity contribution is -0.120. The summed E-state index contributed by atoms with van der Waals surface area (Å²) in [6.07, 6.45) is 2.76. The topological polar surface area (TPSA) is 81.3 Å². The highest BCUT2D eigenvalue weighted by atomic mass is 16.5. The first-order valence-electron chi connectivity index (χ1n) is 14.1. The van der Waals surface area contributed by atoms with Crippen LogP contribution in [-0.4, -0.2) is 70.7 Å². The molecule has 0 spiro atoms. The number of amides is 1. The Morgan fingerprint density at radius 1 is 1.18 bits per heavy atom. The van der Waals surface area contributed by atoms with E-state index < -0.39 is 0 Å². The lowest BCUT2D eigenvalue weighted by Gasteiger charge is -2.40. The number of hydrogen-bond donors (Lipinski definition) is 2. The Balaban J connectivity index is 1.46. The summed E-state index contributed by atoms with van der Waals surface area (Å²) in [4.78, 5) is 14.1. The fourth-order valence-electron chi connectivity index (χ4n) is 5.89. The van der Waals surface area contributed by atoms with E-state index in [9.17, 15) is 4.79 Å². The molecule has 0 bridgehead atoms. The average Bonchev–Trinajstić information content (AvgIpc) is 2.91. The maximum absolute atomic E-state index is 11.7. The van der Waals surface area contributed by atoms with Crippen LogP contribution in [0.15, 0.2) is 42.5 Å². The molecule has 0 saturated carbocycles. The van der Waals surface area contributed by atoms with Crippen LogP contribution in [0.5, 0.6) is 11.5 Å². The monoisotopic (exact) mass is 539 g/mol. The van der Waals surface area contributed by atoms with Crippen LogP contribution < -0.4 is 25.0 Å². The van der Waals surface area contributed by atoms with Crippen molar-refractivity contribution >= 4 is 11.6 Å². The van der Waals surface area contributed by atoms with Crippen LogP contribution in [0.4, 0.5) is 5.69 Å². The summed E-state index contributed by atoms with van der Waals surface area (Å²) < 4.78 is 23.2. The standard InChI is InChI=1S/C31H45N3O5/c1-22(35)33-31(2,3)19-25-18-27(24-8-10-26(37-5)11-9-24)30(20-32-25)39-21-23-7-12-29-28(17-23)34(14-16-38-29)13-6-15-36-4/h7-12,17,25,27,30,32H,6,13-16,18-21H2,1-5H3,(H,33,35)/t25-,27-,30+/m1/s1. The van der Waals surface area contributed by atoms with E-state index in [1.165, 1.54) is 5.56 Å². The van der Waals surface area contributed by atoms with E-state index in [1.807, 2.05) is 12.1 Å². The number of methoxy groups -OCH3 is 2. The average molecular weight is 540 g/mol. The van der Waals surface area contributed by atoms with Gasteiger partial charge >= 0.3 is 0 Å². The number of ether oxygens (including phenoxy) is 4. The van der Waals surface area contributed by atoms with Crippen molar-refractivity contribution in [3.63, 3.8) is 0 Å². The van der Waals surface area contributed by atoms with Gasteiger partial charge in [0.2, 0.25) is 5.91 Å². The third-order valence-electron chi connectivity index (χ3n) is 7.63. The van der Waals surface area contributed by atoms with Gasteiger partial charge in [-0.05, 0) is 68.5 Å². The van der Waals surface area contributed by atoms with Crippen LogP contribution in [0.3, 0.4) is 0 Å². The zero-order valence-electron chi connectivity index (χ0n) is 24.1. The first-order valence-corrected chi connectivity index (χ1v) is 14.1. The second-order valence-electron chi connectivity index (χ2n) is 11.3. The number of anilines is 1. The normalized spacial score (nSPS) is 21.2. The summed E-state index contributed by atoms with van der Waals surface area (Å²) in [5.41, 5.74) is 3.22. The lowest BCUT2D eigenvalue weighted by Crippen LogP contribution is -2.52. The van der Waals surface area contributed by atoms with Crippen molar-refractivity contribution in [2.45, 2.75) is 70.2 Å². The number of hydrogen-bond acceptors (Lipinski definition) is 7. The van der Waals surface area contributed by atoms with E-state index in [1.54, 1.807) is 21.1 Å². The zero-order chi connectivity index (χ0) is 27.8. The number of fused-ring (bicyclic) bond motifs is 1. The van der Waals surface area contributed by atoms with Crippen molar-refractivity contribution in [1.82, 2.24) is 10.6 Å². The van der Waals surface area contributed by atoms with Crippen molar-refractivity contribution in [2.24, 2.45) is 0 Å². The Bertz CT molecular complexity index is 1070. The van der Waals surface area contributed by atoms with Gasteiger partial charge < -0.3 is 34.5 Å². The lowest BCUT2D eigenvalue weighted by atomic mass is 9.80. The molecule has 2 aromatic carbocycles. The Morgan fingerprint density at radius 2 is 1.97 bits per heavy atom. The van der Waals surface area contributed by atoms with Crippen LogP contribution >= 0.6 is 0 Å². The molecule has 0 radical (unpaired) electrons. The number of nitrogens with zero attached hydrogens (tertiary/aromatic N) is 1. The van der Waals surface area contributed by atoms with Gasteiger partial charge in [0.05, 0.1) is 32.1 Å². The van der Waals surface area contributed by atoms with Gasteiger partial charge in [-0.15, -0.1) is 0 Å². The highest BCUT2D eigenvalue weighted by Crippen LogP contribution is 2.36. The molecule has 2 heterocycles. The summed E-state index contributed by atoms with van der Waals surface area (Å²) in [5, 5.41) is 6.79. The molecular weight excluding hydrogens is 494 g/mol. The van der Waals surface area contributed by atoms with Crippen molar-refractivity contribution < 1.29 is 23.7 Å². The van der Waals surface area contributed by atoms with Crippen LogP contribution in [-0.2, 0) is 20.9 Å². The number of benzene rings is 2. The molecule has 2 aromatic rings. The summed E-state index contributed by atoms with van der Waals surface area (Å²) >= 11 is 0. The molecular formula is C31H45N3O5. The quantitative estimate of drug-likeness (QED) is 0.390. The molecule has 0 aromatic heterocycles. The number of nitrogens with one attached hydrogen (secondary N) is 2. The molecule has 2 aliphatic heterocycles. The first-order chi connectivity index (χ1) is 18.8. The summed E-state index contributed by atoms with van der Waals surface area (Å²) in [5.74, 6) is 2.00. The van der Waals surface area contributed by atoms with E-state index >= 15 is 0 Å². The molecule has 2 N–H and O–H groups in total. The number of rotatable bonds is 12. The molecule has 8 heteroatoms. The highest BCUT2D eigenvalue weighted by molar-refractivity contribution is 5.73. The smallest absolute Gasteiger partial charge is 0.217 e. The molecule has 8 nitrogen and oxygen atoms in total. The fraction of sp³-hybridized carbons (Fsp3) is 0.581.